The molecular weight excluding hydrogens is 384 g/mol. The number of aromatic nitrogens is 2. The highest BCUT2D eigenvalue weighted by Gasteiger charge is 2.12. The van der Waals surface area contributed by atoms with Crippen molar-refractivity contribution in [3.63, 3.8) is 0 Å². The minimum absolute atomic E-state index is 0.0359. The molecule has 2 aromatic carbocycles. The molecule has 9 heteroatoms. The normalized spacial score (nSPS) is 10.3. The SMILES string of the molecule is COCC(=O)Nc1cccc(Nc2ncc(C(N)=O)c(NCc3ccccc3)n2)c1. The van der Waals surface area contributed by atoms with Crippen LogP contribution in [0, 0.1) is 0 Å². The van der Waals surface area contributed by atoms with E-state index in [0.29, 0.717) is 23.7 Å². The van der Waals surface area contributed by atoms with E-state index in [1.165, 1.54) is 13.3 Å². The van der Waals surface area contributed by atoms with Crippen molar-refractivity contribution in [1.29, 1.82) is 0 Å². The predicted molar refractivity (Wildman–Crippen MR) is 115 cm³/mol. The Morgan fingerprint density at radius 3 is 2.57 bits per heavy atom. The lowest BCUT2D eigenvalue weighted by Crippen LogP contribution is -2.17. The Bertz CT molecular complexity index is 1030. The van der Waals surface area contributed by atoms with E-state index in [1.807, 2.05) is 30.3 Å². The molecule has 0 saturated heterocycles. The third-order valence-corrected chi connectivity index (χ3v) is 4.03. The quantitative estimate of drug-likeness (QED) is 0.429. The van der Waals surface area contributed by atoms with Gasteiger partial charge in [-0.2, -0.15) is 4.98 Å². The van der Waals surface area contributed by atoms with E-state index in [1.54, 1.807) is 24.3 Å². The smallest absolute Gasteiger partial charge is 0.254 e. The molecule has 1 heterocycles. The number of nitrogens with two attached hydrogens (primary N) is 1. The van der Waals surface area contributed by atoms with E-state index in [-0.39, 0.29) is 24.0 Å². The Morgan fingerprint density at radius 2 is 1.83 bits per heavy atom. The monoisotopic (exact) mass is 406 g/mol. The minimum Gasteiger partial charge on any atom is -0.375 e. The second-order valence-corrected chi connectivity index (χ2v) is 6.35. The summed E-state index contributed by atoms with van der Waals surface area (Å²) in [6.45, 7) is 0.435. The number of nitrogens with zero attached hydrogens (tertiary/aromatic N) is 2. The zero-order valence-electron chi connectivity index (χ0n) is 16.4. The topological polar surface area (TPSA) is 131 Å². The predicted octanol–water partition coefficient (Wildman–Crippen LogP) is 2.52. The van der Waals surface area contributed by atoms with Gasteiger partial charge in [0, 0.05) is 31.2 Å². The maximum atomic E-state index is 11.7. The van der Waals surface area contributed by atoms with Gasteiger partial charge < -0.3 is 26.4 Å². The Morgan fingerprint density at radius 1 is 1.07 bits per heavy atom. The molecule has 0 unspecified atom stereocenters. The molecular formula is C21H22N6O3. The summed E-state index contributed by atoms with van der Waals surface area (Å²) in [5.41, 5.74) is 7.92. The van der Waals surface area contributed by atoms with Crippen LogP contribution in [0.25, 0.3) is 0 Å². The highest BCUT2D eigenvalue weighted by Crippen LogP contribution is 2.20. The number of amides is 2. The molecule has 9 nitrogen and oxygen atoms in total. The number of hydrogen-bond donors (Lipinski definition) is 4. The van der Waals surface area contributed by atoms with E-state index in [9.17, 15) is 9.59 Å². The number of nitrogens with one attached hydrogen (secondary N) is 3. The summed E-state index contributed by atoms with van der Waals surface area (Å²) in [5, 5.41) is 8.91. The number of rotatable bonds is 9. The van der Waals surface area contributed by atoms with Crippen molar-refractivity contribution in [3.8, 4) is 0 Å². The molecule has 154 valence electrons. The zero-order valence-corrected chi connectivity index (χ0v) is 16.4. The van der Waals surface area contributed by atoms with E-state index >= 15 is 0 Å². The lowest BCUT2D eigenvalue weighted by atomic mass is 10.2. The number of ether oxygens (including phenoxy) is 1. The summed E-state index contributed by atoms with van der Waals surface area (Å²) in [7, 11) is 1.45. The average molecular weight is 406 g/mol. The lowest BCUT2D eigenvalue weighted by molar-refractivity contribution is -0.119. The maximum Gasteiger partial charge on any atom is 0.254 e. The molecule has 0 aliphatic rings. The van der Waals surface area contributed by atoms with Crippen LogP contribution in [-0.4, -0.2) is 35.5 Å². The van der Waals surface area contributed by atoms with Crippen molar-refractivity contribution in [2.75, 3.05) is 29.7 Å². The molecule has 0 fully saturated rings. The summed E-state index contributed by atoms with van der Waals surface area (Å²) in [6, 6.07) is 16.8. The van der Waals surface area contributed by atoms with Crippen LogP contribution in [0.3, 0.4) is 0 Å². The highest BCUT2D eigenvalue weighted by atomic mass is 16.5. The minimum atomic E-state index is -0.625. The summed E-state index contributed by atoms with van der Waals surface area (Å²) in [5.74, 6) is -0.284. The summed E-state index contributed by atoms with van der Waals surface area (Å²) >= 11 is 0. The van der Waals surface area contributed by atoms with E-state index < -0.39 is 5.91 Å². The molecule has 3 rings (SSSR count). The molecule has 30 heavy (non-hydrogen) atoms. The van der Waals surface area contributed by atoms with Gasteiger partial charge in [0.1, 0.15) is 12.4 Å². The van der Waals surface area contributed by atoms with Gasteiger partial charge >= 0.3 is 0 Å². The second kappa shape index (κ2) is 9.99. The fourth-order valence-corrected chi connectivity index (χ4v) is 2.67. The summed E-state index contributed by atoms with van der Waals surface area (Å²) in [4.78, 5) is 32.0. The largest absolute Gasteiger partial charge is 0.375 e. The van der Waals surface area contributed by atoms with E-state index in [0.717, 1.165) is 5.56 Å². The van der Waals surface area contributed by atoms with Crippen LogP contribution < -0.4 is 21.7 Å². The molecule has 0 bridgehead atoms. The van der Waals surface area contributed by atoms with Crippen molar-refractivity contribution in [3.05, 3.63) is 71.9 Å². The van der Waals surface area contributed by atoms with Crippen LogP contribution in [-0.2, 0) is 16.1 Å². The first-order chi connectivity index (χ1) is 14.5. The second-order valence-electron chi connectivity index (χ2n) is 6.35. The van der Waals surface area contributed by atoms with Crippen molar-refractivity contribution in [2.45, 2.75) is 6.54 Å². The molecule has 0 atom stereocenters. The van der Waals surface area contributed by atoms with E-state index in [4.69, 9.17) is 10.5 Å². The van der Waals surface area contributed by atoms with Crippen LogP contribution in [0.1, 0.15) is 15.9 Å². The van der Waals surface area contributed by atoms with Crippen LogP contribution in [0.15, 0.2) is 60.8 Å². The van der Waals surface area contributed by atoms with Crippen LogP contribution in [0.2, 0.25) is 0 Å². The van der Waals surface area contributed by atoms with Gasteiger partial charge in [-0.15, -0.1) is 0 Å². The molecule has 0 aliphatic heterocycles. The summed E-state index contributed by atoms with van der Waals surface area (Å²) < 4.78 is 4.81. The molecule has 2 amide bonds. The molecule has 3 aromatic rings. The number of primary amides is 1. The Labute approximate surface area is 173 Å². The highest BCUT2D eigenvalue weighted by molar-refractivity contribution is 5.97. The molecule has 0 spiro atoms. The van der Waals surface area contributed by atoms with E-state index in [2.05, 4.69) is 25.9 Å². The first-order valence-corrected chi connectivity index (χ1v) is 9.15. The van der Waals surface area contributed by atoms with Crippen LogP contribution in [0.5, 0.6) is 0 Å². The van der Waals surface area contributed by atoms with Crippen LogP contribution in [0.4, 0.5) is 23.1 Å². The third kappa shape index (κ3) is 5.76. The average Bonchev–Trinajstić information content (AvgIpc) is 2.73. The molecule has 0 aliphatic carbocycles. The van der Waals surface area contributed by atoms with Gasteiger partial charge in [-0.25, -0.2) is 4.98 Å². The van der Waals surface area contributed by atoms with Crippen LogP contribution >= 0.6 is 0 Å². The number of methoxy groups -OCH3 is 1. The molecule has 1 aromatic heterocycles. The number of anilines is 4. The van der Waals surface area contributed by atoms with Gasteiger partial charge in [-0.3, -0.25) is 9.59 Å². The lowest BCUT2D eigenvalue weighted by Gasteiger charge is -2.12. The fraction of sp³-hybridized carbons (Fsp3) is 0.143. The molecule has 0 radical (unpaired) electrons. The standard InChI is InChI=1S/C21H22N6O3/c1-30-13-18(28)25-15-8-5-9-16(10-15)26-21-24-12-17(19(22)29)20(27-21)23-11-14-6-3-2-4-7-14/h2-10,12H,11,13H2,1H3,(H2,22,29)(H,25,28)(H2,23,24,26,27). The van der Waals surface area contributed by atoms with Gasteiger partial charge in [0.15, 0.2) is 0 Å². The molecule has 0 saturated carbocycles. The van der Waals surface area contributed by atoms with Gasteiger partial charge in [0.2, 0.25) is 11.9 Å². The van der Waals surface area contributed by atoms with Gasteiger partial charge in [0.25, 0.3) is 5.91 Å². The maximum absolute atomic E-state index is 11.7. The Balaban J connectivity index is 1.76. The number of benzene rings is 2. The van der Waals surface area contributed by atoms with Gasteiger partial charge in [0.05, 0.1) is 5.56 Å². The van der Waals surface area contributed by atoms with Gasteiger partial charge in [-0.05, 0) is 23.8 Å². The Kier molecular flexibility index (Phi) is 6.91. The first kappa shape index (κ1) is 20.7. The Hall–Kier alpha value is -3.98. The van der Waals surface area contributed by atoms with Crippen molar-refractivity contribution in [1.82, 2.24) is 9.97 Å². The molecule has 5 N–H and O–H groups in total. The number of carbonyl (C=O) groups is 2. The van der Waals surface area contributed by atoms with Gasteiger partial charge in [-0.1, -0.05) is 36.4 Å². The summed E-state index contributed by atoms with van der Waals surface area (Å²) in [6.07, 6.45) is 1.37. The first-order valence-electron chi connectivity index (χ1n) is 9.15. The number of carbonyl (C=O) groups excluding carboxylic acids is 2. The third-order valence-electron chi connectivity index (χ3n) is 4.03. The van der Waals surface area contributed by atoms with Crippen molar-refractivity contribution >= 4 is 35.0 Å². The number of hydrogen-bond acceptors (Lipinski definition) is 7. The zero-order chi connectivity index (χ0) is 21.3. The van der Waals surface area contributed by atoms with Crippen molar-refractivity contribution in [2.24, 2.45) is 5.73 Å². The fourth-order valence-electron chi connectivity index (χ4n) is 2.67. The van der Waals surface area contributed by atoms with Crippen molar-refractivity contribution < 1.29 is 14.3 Å².